The molecule has 1 rings (SSSR count). The van der Waals surface area contributed by atoms with E-state index in [0.717, 1.165) is 45.2 Å². The number of hydrogen-bond acceptors (Lipinski definition) is 3. The minimum absolute atomic E-state index is 0.714. The topological polar surface area (TPSA) is 45.7 Å². The maximum atomic E-state index is 5.60. The molecule has 0 spiro atoms. The fraction of sp³-hybridized carbons (Fsp3) is 0.933. The van der Waals surface area contributed by atoms with Gasteiger partial charge in [0.2, 0.25) is 0 Å². The number of nitrogens with zero attached hydrogens (tertiary/aromatic N) is 1. The first-order valence-electron chi connectivity index (χ1n) is 7.94. The molecule has 1 saturated heterocycles. The first-order chi connectivity index (χ1) is 9.72. The SMILES string of the molecule is CCNC(=NCC1CCCS1)NCCOCCC(C)C. The molecule has 5 heteroatoms. The summed E-state index contributed by atoms with van der Waals surface area (Å²) in [4.78, 5) is 4.66. The van der Waals surface area contributed by atoms with Crippen molar-refractivity contribution in [1.82, 2.24) is 10.6 Å². The van der Waals surface area contributed by atoms with Crippen molar-refractivity contribution in [3.8, 4) is 0 Å². The molecule has 1 heterocycles. The molecule has 0 bridgehead atoms. The van der Waals surface area contributed by atoms with Crippen LogP contribution < -0.4 is 10.6 Å². The van der Waals surface area contributed by atoms with Crippen molar-refractivity contribution in [3.63, 3.8) is 0 Å². The highest BCUT2D eigenvalue weighted by molar-refractivity contribution is 8.00. The molecular weight excluding hydrogens is 270 g/mol. The maximum absolute atomic E-state index is 5.60. The third kappa shape index (κ3) is 8.69. The zero-order valence-electron chi connectivity index (χ0n) is 13.3. The Morgan fingerprint density at radius 2 is 2.20 bits per heavy atom. The van der Waals surface area contributed by atoms with Crippen molar-refractivity contribution in [1.29, 1.82) is 0 Å². The van der Waals surface area contributed by atoms with E-state index in [4.69, 9.17) is 4.74 Å². The number of hydrogen-bond donors (Lipinski definition) is 2. The van der Waals surface area contributed by atoms with E-state index in [0.29, 0.717) is 11.2 Å². The number of ether oxygens (including phenoxy) is 1. The Labute approximate surface area is 128 Å². The van der Waals surface area contributed by atoms with Crippen LogP contribution in [0.25, 0.3) is 0 Å². The van der Waals surface area contributed by atoms with Crippen molar-refractivity contribution in [2.75, 3.05) is 38.6 Å². The largest absolute Gasteiger partial charge is 0.380 e. The van der Waals surface area contributed by atoms with Gasteiger partial charge in [-0.25, -0.2) is 0 Å². The Morgan fingerprint density at radius 3 is 2.85 bits per heavy atom. The predicted molar refractivity (Wildman–Crippen MR) is 89.7 cm³/mol. The van der Waals surface area contributed by atoms with Gasteiger partial charge in [0.15, 0.2) is 5.96 Å². The van der Waals surface area contributed by atoms with Crippen molar-refractivity contribution in [3.05, 3.63) is 0 Å². The van der Waals surface area contributed by atoms with Crippen molar-refractivity contribution in [2.45, 2.75) is 45.3 Å². The fourth-order valence-electron chi connectivity index (χ4n) is 1.99. The monoisotopic (exact) mass is 301 g/mol. The predicted octanol–water partition coefficient (Wildman–Crippen LogP) is 2.50. The first kappa shape index (κ1) is 17.6. The Morgan fingerprint density at radius 1 is 1.35 bits per heavy atom. The van der Waals surface area contributed by atoms with Crippen LogP contribution in [0.3, 0.4) is 0 Å². The Balaban J connectivity index is 2.12. The number of thioether (sulfide) groups is 1. The molecule has 2 N–H and O–H groups in total. The minimum atomic E-state index is 0.714. The zero-order chi connectivity index (χ0) is 14.6. The molecule has 0 radical (unpaired) electrons. The third-order valence-electron chi connectivity index (χ3n) is 3.20. The van der Waals surface area contributed by atoms with E-state index in [-0.39, 0.29) is 0 Å². The molecule has 118 valence electrons. The van der Waals surface area contributed by atoms with E-state index in [1.807, 2.05) is 0 Å². The Hall–Kier alpha value is -0.420. The van der Waals surface area contributed by atoms with Gasteiger partial charge >= 0.3 is 0 Å². The van der Waals surface area contributed by atoms with E-state index >= 15 is 0 Å². The second-order valence-electron chi connectivity index (χ2n) is 5.58. The molecule has 1 unspecified atom stereocenters. The van der Waals surface area contributed by atoms with Gasteiger partial charge in [0, 0.05) is 24.9 Å². The molecule has 0 aliphatic carbocycles. The maximum Gasteiger partial charge on any atom is 0.191 e. The van der Waals surface area contributed by atoms with E-state index in [1.165, 1.54) is 18.6 Å². The summed E-state index contributed by atoms with van der Waals surface area (Å²) in [5.41, 5.74) is 0. The molecule has 0 aromatic rings. The van der Waals surface area contributed by atoms with Gasteiger partial charge in [0.05, 0.1) is 13.2 Å². The second-order valence-corrected chi connectivity index (χ2v) is 6.98. The van der Waals surface area contributed by atoms with Gasteiger partial charge in [-0.2, -0.15) is 11.8 Å². The Bertz CT molecular complexity index is 266. The normalized spacial score (nSPS) is 19.6. The van der Waals surface area contributed by atoms with Crippen LogP contribution in [0, 0.1) is 5.92 Å². The van der Waals surface area contributed by atoms with Gasteiger partial charge in [-0.1, -0.05) is 13.8 Å². The van der Waals surface area contributed by atoms with Gasteiger partial charge < -0.3 is 15.4 Å². The van der Waals surface area contributed by atoms with Gasteiger partial charge in [-0.15, -0.1) is 0 Å². The van der Waals surface area contributed by atoms with Crippen molar-refractivity contribution < 1.29 is 4.74 Å². The van der Waals surface area contributed by atoms with Gasteiger partial charge in [-0.3, -0.25) is 4.99 Å². The molecule has 1 aliphatic rings. The molecule has 4 nitrogen and oxygen atoms in total. The summed E-state index contributed by atoms with van der Waals surface area (Å²) in [5.74, 6) is 2.94. The molecule has 0 saturated carbocycles. The third-order valence-corrected chi connectivity index (χ3v) is 4.58. The summed E-state index contributed by atoms with van der Waals surface area (Å²) in [6.07, 6.45) is 3.79. The van der Waals surface area contributed by atoms with E-state index < -0.39 is 0 Å². The zero-order valence-corrected chi connectivity index (χ0v) is 14.1. The molecule has 0 aromatic carbocycles. The summed E-state index contributed by atoms with van der Waals surface area (Å²) < 4.78 is 5.60. The van der Waals surface area contributed by atoms with Crippen LogP contribution in [0.15, 0.2) is 4.99 Å². The molecule has 1 atom stereocenters. The number of nitrogens with one attached hydrogen (secondary N) is 2. The van der Waals surface area contributed by atoms with Crippen LogP contribution in [0.2, 0.25) is 0 Å². The molecular formula is C15H31N3OS. The molecule has 0 amide bonds. The van der Waals surface area contributed by atoms with Gasteiger partial charge in [-0.05, 0) is 37.9 Å². The lowest BCUT2D eigenvalue weighted by molar-refractivity contribution is 0.128. The highest BCUT2D eigenvalue weighted by Gasteiger charge is 2.14. The lowest BCUT2D eigenvalue weighted by Gasteiger charge is -2.13. The summed E-state index contributed by atoms with van der Waals surface area (Å²) in [6, 6.07) is 0. The van der Waals surface area contributed by atoms with Crippen LogP contribution in [0.1, 0.15) is 40.0 Å². The Kier molecular flexibility index (Phi) is 9.93. The average molecular weight is 302 g/mol. The average Bonchev–Trinajstić information content (AvgIpc) is 2.92. The van der Waals surface area contributed by atoms with E-state index in [2.05, 4.69) is 48.2 Å². The molecule has 0 aromatic heterocycles. The van der Waals surface area contributed by atoms with Gasteiger partial charge in [0.25, 0.3) is 0 Å². The fourth-order valence-corrected chi connectivity index (χ4v) is 3.17. The number of aliphatic imine (C=N–C) groups is 1. The van der Waals surface area contributed by atoms with Crippen LogP contribution in [-0.2, 0) is 4.74 Å². The second kappa shape index (κ2) is 11.3. The highest BCUT2D eigenvalue weighted by Crippen LogP contribution is 2.25. The first-order valence-corrected chi connectivity index (χ1v) is 8.98. The summed E-state index contributed by atoms with van der Waals surface area (Å²) in [6.45, 7) is 10.8. The highest BCUT2D eigenvalue weighted by atomic mass is 32.2. The summed E-state index contributed by atoms with van der Waals surface area (Å²) in [7, 11) is 0. The van der Waals surface area contributed by atoms with E-state index in [9.17, 15) is 0 Å². The van der Waals surface area contributed by atoms with Crippen LogP contribution in [0.4, 0.5) is 0 Å². The van der Waals surface area contributed by atoms with Crippen LogP contribution >= 0.6 is 11.8 Å². The summed E-state index contributed by atoms with van der Waals surface area (Å²) >= 11 is 2.05. The lowest BCUT2D eigenvalue weighted by atomic mass is 10.1. The minimum Gasteiger partial charge on any atom is -0.380 e. The van der Waals surface area contributed by atoms with E-state index in [1.54, 1.807) is 0 Å². The standard InChI is InChI=1S/C15H31N3OS/c1-4-16-15(18-12-14-6-5-11-20-14)17-8-10-19-9-7-13(2)3/h13-14H,4-12H2,1-3H3,(H2,16,17,18). The number of guanidine groups is 1. The number of rotatable bonds is 9. The lowest BCUT2D eigenvalue weighted by Crippen LogP contribution is -2.39. The molecule has 20 heavy (non-hydrogen) atoms. The quantitative estimate of drug-likeness (QED) is 0.390. The van der Waals surface area contributed by atoms with Crippen molar-refractivity contribution in [2.24, 2.45) is 10.9 Å². The van der Waals surface area contributed by atoms with Gasteiger partial charge in [0.1, 0.15) is 0 Å². The molecule has 1 fully saturated rings. The van der Waals surface area contributed by atoms with Crippen molar-refractivity contribution >= 4 is 17.7 Å². The summed E-state index contributed by atoms with van der Waals surface area (Å²) in [5, 5.41) is 7.34. The van der Waals surface area contributed by atoms with Crippen LogP contribution in [-0.4, -0.2) is 49.8 Å². The van der Waals surface area contributed by atoms with Crippen LogP contribution in [0.5, 0.6) is 0 Å². The molecule has 1 aliphatic heterocycles. The smallest absolute Gasteiger partial charge is 0.191 e.